The van der Waals surface area contributed by atoms with Gasteiger partial charge >= 0.3 is 0 Å². The van der Waals surface area contributed by atoms with E-state index in [0.29, 0.717) is 11.7 Å². The van der Waals surface area contributed by atoms with E-state index >= 15 is 0 Å². The van der Waals surface area contributed by atoms with Gasteiger partial charge < -0.3 is 10.2 Å². The number of allylic oxidation sites excluding steroid dienone is 2. The van der Waals surface area contributed by atoms with Crippen molar-refractivity contribution in [3.63, 3.8) is 0 Å². The topological polar surface area (TPSA) is 50.4 Å². The van der Waals surface area contributed by atoms with Crippen molar-refractivity contribution in [2.45, 2.75) is 25.2 Å². The lowest BCUT2D eigenvalue weighted by Crippen LogP contribution is -2.40. The number of halogens is 1. The molecule has 0 aromatic heterocycles. The van der Waals surface area contributed by atoms with Crippen LogP contribution in [0, 0.1) is 0 Å². The largest absolute Gasteiger partial charge is 0.484 e. The first-order valence-electron chi connectivity index (χ1n) is 8.38. The maximum absolute atomic E-state index is 11.9. The predicted molar refractivity (Wildman–Crippen MR) is 102 cm³/mol. The van der Waals surface area contributed by atoms with E-state index in [1.807, 2.05) is 30.3 Å². The Labute approximate surface area is 156 Å². The van der Waals surface area contributed by atoms with Gasteiger partial charge in [0.05, 0.1) is 0 Å². The lowest BCUT2D eigenvalue weighted by Gasteiger charge is -2.23. The molecule has 1 aliphatic carbocycles. The molecule has 0 saturated carbocycles. The third-order valence-corrected chi connectivity index (χ3v) is 4.70. The molecule has 1 amide bonds. The quantitative estimate of drug-likeness (QED) is 0.710. The van der Waals surface area contributed by atoms with Crippen LogP contribution in [0.4, 0.5) is 0 Å². The van der Waals surface area contributed by atoms with E-state index in [2.05, 4.69) is 57.1 Å². The van der Waals surface area contributed by atoms with Crippen molar-refractivity contribution in [2.75, 3.05) is 6.61 Å². The van der Waals surface area contributed by atoms with E-state index in [1.54, 1.807) is 0 Å². The van der Waals surface area contributed by atoms with Gasteiger partial charge in [0.15, 0.2) is 6.61 Å². The number of carbonyl (C=O) groups is 1. The zero-order chi connectivity index (χ0) is 17.5. The molecule has 0 spiro atoms. The highest BCUT2D eigenvalue weighted by atomic mass is 79.9. The molecule has 2 N–H and O–H groups in total. The minimum absolute atomic E-state index is 0.0244. The number of benzene rings is 2. The first-order chi connectivity index (χ1) is 12.2. The second kappa shape index (κ2) is 8.72. The van der Waals surface area contributed by atoms with Crippen molar-refractivity contribution in [3.05, 3.63) is 76.4 Å². The van der Waals surface area contributed by atoms with Crippen LogP contribution >= 0.6 is 15.9 Å². The highest BCUT2D eigenvalue weighted by molar-refractivity contribution is 9.10. The fourth-order valence-corrected chi connectivity index (χ4v) is 3.25. The summed E-state index contributed by atoms with van der Waals surface area (Å²) in [6.07, 6.45) is 5.15. The van der Waals surface area contributed by atoms with E-state index in [0.717, 1.165) is 29.4 Å². The molecule has 1 aliphatic rings. The monoisotopic (exact) mass is 400 g/mol. The molecule has 1 atom stereocenters. The standard InChI is InChI=1S/C20H21BrN2O2/c21-17-7-4-8-19(13-17)25-14-20(24)23-22-18-11-9-16(10-12-18)15-5-2-1-3-6-15/h1-8,11,13,16,22H,9-10,12,14H2,(H,23,24)/t16-/m1/s1. The summed E-state index contributed by atoms with van der Waals surface area (Å²) < 4.78 is 6.38. The molecule has 5 heteroatoms. The highest BCUT2D eigenvalue weighted by Crippen LogP contribution is 2.30. The molecule has 0 radical (unpaired) electrons. The molecule has 0 saturated heterocycles. The van der Waals surface area contributed by atoms with Gasteiger partial charge in [0.25, 0.3) is 5.91 Å². The lowest BCUT2D eigenvalue weighted by atomic mass is 9.87. The van der Waals surface area contributed by atoms with Gasteiger partial charge in [0.2, 0.25) is 0 Å². The van der Waals surface area contributed by atoms with E-state index in [9.17, 15) is 4.79 Å². The molecule has 25 heavy (non-hydrogen) atoms. The zero-order valence-corrected chi connectivity index (χ0v) is 15.5. The number of nitrogens with one attached hydrogen (secondary N) is 2. The number of hydrogen-bond donors (Lipinski definition) is 2. The van der Waals surface area contributed by atoms with Gasteiger partial charge in [-0.1, -0.05) is 58.4 Å². The van der Waals surface area contributed by atoms with Gasteiger partial charge in [0, 0.05) is 10.2 Å². The Morgan fingerprint density at radius 1 is 1.16 bits per heavy atom. The highest BCUT2D eigenvalue weighted by Gasteiger charge is 2.16. The average Bonchev–Trinajstić information content (AvgIpc) is 2.66. The Balaban J connectivity index is 1.41. The molecule has 2 aromatic carbocycles. The third kappa shape index (κ3) is 5.36. The number of hydrogen-bond acceptors (Lipinski definition) is 3. The van der Waals surface area contributed by atoms with Crippen LogP contribution in [0.25, 0.3) is 0 Å². The van der Waals surface area contributed by atoms with Crippen molar-refractivity contribution in [1.29, 1.82) is 0 Å². The summed E-state index contributed by atoms with van der Waals surface area (Å²) in [5.74, 6) is 1.01. The minimum atomic E-state index is -0.203. The summed E-state index contributed by atoms with van der Waals surface area (Å²) in [6.45, 7) is -0.0244. The Hall–Kier alpha value is -2.27. The molecule has 2 aromatic rings. The van der Waals surface area contributed by atoms with E-state index in [4.69, 9.17) is 4.74 Å². The molecule has 0 heterocycles. The van der Waals surface area contributed by atoms with Crippen LogP contribution < -0.4 is 15.6 Å². The molecular weight excluding hydrogens is 380 g/mol. The second-order valence-electron chi connectivity index (χ2n) is 6.03. The smallest absolute Gasteiger partial charge is 0.276 e. The van der Waals surface area contributed by atoms with Gasteiger partial charge in [0.1, 0.15) is 5.75 Å². The van der Waals surface area contributed by atoms with E-state index in [-0.39, 0.29) is 12.5 Å². The zero-order valence-electron chi connectivity index (χ0n) is 13.9. The Kier molecular flexibility index (Phi) is 6.12. The molecular formula is C20H21BrN2O2. The normalized spacial score (nSPS) is 16.7. The number of hydrazine groups is 1. The summed E-state index contributed by atoms with van der Waals surface area (Å²) >= 11 is 3.37. The molecule has 3 rings (SSSR count). The fourth-order valence-electron chi connectivity index (χ4n) is 2.87. The minimum Gasteiger partial charge on any atom is -0.484 e. The van der Waals surface area contributed by atoms with Crippen LogP contribution in [0.15, 0.2) is 70.8 Å². The maximum atomic E-state index is 11.9. The first-order valence-corrected chi connectivity index (χ1v) is 9.17. The fraction of sp³-hybridized carbons (Fsp3) is 0.250. The number of amides is 1. The molecule has 0 bridgehead atoms. The molecule has 130 valence electrons. The summed E-state index contributed by atoms with van der Waals surface area (Å²) in [7, 11) is 0. The third-order valence-electron chi connectivity index (χ3n) is 4.21. The van der Waals surface area contributed by atoms with Gasteiger partial charge in [-0.2, -0.15) is 0 Å². The van der Waals surface area contributed by atoms with Crippen LogP contribution in [0.1, 0.15) is 30.7 Å². The van der Waals surface area contributed by atoms with E-state index < -0.39 is 0 Å². The lowest BCUT2D eigenvalue weighted by molar-refractivity contribution is -0.123. The summed E-state index contributed by atoms with van der Waals surface area (Å²) in [5, 5.41) is 0. The maximum Gasteiger partial charge on any atom is 0.276 e. The van der Waals surface area contributed by atoms with Crippen LogP contribution in [-0.4, -0.2) is 12.5 Å². The van der Waals surface area contributed by atoms with Gasteiger partial charge in [-0.25, -0.2) is 0 Å². The Morgan fingerprint density at radius 2 is 2.00 bits per heavy atom. The second-order valence-corrected chi connectivity index (χ2v) is 6.95. The Bertz CT molecular complexity index is 746. The number of ether oxygens (including phenoxy) is 1. The van der Waals surface area contributed by atoms with Crippen LogP contribution in [0.3, 0.4) is 0 Å². The summed E-state index contributed by atoms with van der Waals surface area (Å²) in [6, 6.07) is 18.0. The number of rotatable bonds is 6. The molecule has 4 nitrogen and oxygen atoms in total. The molecule has 0 fully saturated rings. The van der Waals surface area contributed by atoms with Gasteiger partial charge in [-0.15, -0.1) is 0 Å². The summed E-state index contributed by atoms with van der Waals surface area (Å²) in [4.78, 5) is 11.9. The van der Waals surface area contributed by atoms with Crippen molar-refractivity contribution < 1.29 is 9.53 Å². The first kappa shape index (κ1) is 17.5. The molecule has 0 aliphatic heterocycles. The van der Waals surface area contributed by atoms with Crippen LogP contribution in [-0.2, 0) is 4.79 Å². The van der Waals surface area contributed by atoms with Gasteiger partial charge in [-0.05, 0) is 48.9 Å². The molecule has 0 unspecified atom stereocenters. The average molecular weight is 401 g/mol. The van der Waals surface area contributed by atoms with Crippen LogP contribution in [0.5, 0.6) is 5.75 Å². The number of carbonyl (C=O) groups excluding carboxylic acids is 1. The van der Waals surface area contributed by atoms with Crippen molar-refractivity contribution in [3.8, 4) is 5.75 Å². The Morgan fingerprint density at radius 3 is 2.72 bits per heavy atom. The van der Waals surface area contributed by atoms with Crippen molar-refractivity contribution in [1.82, 2.24) is 10.9 Å². The van der Waals surface area contributed by atoms with Gasteiger partial charge in [-0.3, -0.25) is 10.2 Å². The van der Waals surface area contributed by atoms with Crippen molar-refractivity contribution in [2.24, 2.45) is 0 Å². The van der Waals surface area contributed by atoms with Crippen molar-refractivity contribution >= 4 is 21.8 Å². The predicted octanol–water partition coefficient (Wildman–Crippen LogP) is 4.30. The SMILES string of the molecule is O=C(COc1cccc(Br)c1)NNC1=CC[C@@H](c2ccccc2)CC1. The van der Waals surface area contributed by atoms with E-state index in [1.165, 1.54) is 5.56 Å². The van der Waals surface area contributed by atoms with Crippen LogP contribution in [0.2, 0.25) is 0 Å². The summed E-state index contributed by atoms with van der Waals surface area (Å²) in [5.41, 5.74) is 8.15.